The maximum atomic E-state index is 13.1. The van der Waals surface area contributed by atoms with Crippen LogP contribution in [-0.2, 0) is 65.4 Å². The van der Waals surface area contributed by atoms with E-state index < -0.39 is 97.5 Å². The van der Waals surface area contributed by atoms with E-state index in [-0.39, 0.29) is 25.7 Å². The van der Waals surface area contributed by atoms with E-state index in [1.54, 1.807) is 6.08 Å². The molecule has 19 heteroatoms. The van der Waals surface area contributed by atoms with Gasteiger partial charge in [0.2, 0.25) is 0 Å². The van der Waals surface area contributed by atoms with Crippen LogP contribution in [0.1, 0.15) is 297 Å². The van der Waals surface area contributed by atoms with Crippen LogP contribution in [0.5, 0.6) is 0 Å². The zero-order chi connectivity index (χ0) is 76.0. The Morgan fingerprint density at radius 1 is 0.288 bits per heavy atom. The highest BCUT2D eigenvalue weighted by Crippen LogP contribution is 2.45. The lowest BCUT2D eigenvalue weighted by molar-refractivity contribution is -0.161. The summed E-state index contributed by atoms with van der Waals surface area (Å²) in [6.07, 6.45) is 88.2. The predicted molar refractivity (Wildman–Crippen MR) is 427 cm³/mol. The maximum absolute atomic E-state index is 13.1. The van der Waals surface area contributed by atoms with Gasteiger partial charge in [0.25, 0.3) is 0 Å². The highest BCUT2D eigenvalue weighted by Gasteiger charge is 2.30. The zero-order valence-corrected chi connectivity index (χ0v) is 66.4. The van der Waals surface area contributed by atoms with Crippen molar-refractivity contribution in [3.63, 3.8) is 0 Å². The zero-order valence-electron chi connectivity index (χ0n) is 64.6. The van der Waals surface area contributed by atoms with Crippen molar-refractivity contribution < 1.29 is 80.2 Å². The number of hydrogen-bond acceptors (Lipinski definition) is 15. The highest BCUT2D eigenvalue weighted by atomic mass is 31.2. The van der Waals surface area contributed by atoms with Gasteiger partial charge in [-0.3, -0.25) is 37.3 Å². The smallest absolute Gasteiger partial charge is 0.462 e. The fourth-order valence-corrected chi connectivity index (χ4v) is 11.6. The van der Waals surface area contributed by atoms with Crippen LogP contribution in [0.3, 0.4) is 0 Å². The van der Waals surface area contributed by atoms with Crippen LogP contribution in [0.2, 0.25) is 0 Å². The van der Waals surface area contributed by atoms with Crippen LogP contribution in [0.25, 0.3) is 0 Å². The Bertz CT molecular complexity index is 2590. The van der Waals surface area contributed by atoms with E-state index in [1.165, 1.54) is 25.7 Å². The molecule has 104 heavy (non-hydrogen) atoms. The molecule has 0 spiro atoms. The van der Waals surface area contributed by atoms with Gasteiger partial charge in [-0.25, -0.2) is 9.13 Å². The molecule has 0 heterocycles. The van der Waals surface area contributed by atoms with Gasteiger partial charge in [0.1, 0.15) is 19.3 Å². The summed E-state index contributed by atoms with van der Waals surface area (Å²) in [4.78, 5) is 73.0. The Kier molecular flexibility index (Phi) is 72.0. The Labute approximate surface area is 629 Å². The lowest BCUT2D eigenvalue weighted by Crippen LogP contribution is -2.30. The average molecular weight is 1500 g/mol. The van der Waals surface area contributed by atoms with Gasteiger partial charge in [0, 0.05) is 19.3 Å². The highest BCUT2D eigenvalue weighted by molar-refractivity contribution is 7.47. The van der Waals surface area contributed by atoms with E-state index in [0.29, 0.717) is 25.7 Å². The summed E-state index contributed by atoms with van der Waals surface area (Å²) >= 11 is 0. The van der Waals surface area contributed by atoms with E-state index in [9.17, 15) is 43.2 Å². The molecule has 0 amide bonds. The van der Waals surface area contributed by atoms with Gasteiger partial charge in [0.05, 0.1) is 32.8 Å². The summed E-state index contributed by atoms with van der Waals surface area (Å²) < 4.78 is 68.5. The van der Waals surface area contributed by atoms with E-state index in [0.717, 1.165) is 193 Å². The number of esters is 4. The first-order valence-corrected chi connectivity index (χ1v) is 42.7. The summed E-state index contributed by atoms with van der Waals surface area (Å²) in [5, 5.41) is 10.6. The first kappa shape index (κ1) is 98.7. The number of carbonyl (C=O) groups excluding carboxylic acids is 4. The third kappa shape index (κ3) is 74.9. The van der Waals surface area contributed by atoms with Crippen molar-refractivity contribution in [2.45, 2.75) is 316 Å². The molecule has 0 aliphatic heterocycles. The Morgan fingerprint density at radius 2 is 0.538 bits per heavy atom. The van der Waals surface area contributed by atoms with Gasteiger partial charge in [-0.2, -0.15) is 0 Å². The molecule has 0 aromatic heterocycles. The molecule has 0 aliphatic carbocycles. The molecule has 17 nitrogen and oxygen atoms in total. The molecule has 0 bridgehead atoms. The molecular weight excluding hydrogens is 1350 g/mol. The van der Waals surface area contributed by atoms with Gasteiger partial charge < -0.3 is 33.8 Å². The number of aliphatic hydroxyl groups is 1. The quantitative estimate of drug-likeness (QED) is 0.0169. The van der Waals surface area contributed by atoms with Crippen LogP contribution in [0.4, 0.5) is 0 Å². The Balaban J connectivity index is 5.45. The lowest BCUT2D eigenvalue weighted by atomic mass is 10.1. The summed E-state index contributed by atoms with van der Waals surface area (Å²) in [5.74, 6) is -2.36. The standard InChI is InChI=1S/C85H140O17P2/c1-5-9-13-17-21-25-29-33-36-38-39-41-43-47-50-54-58-62-66-70-83(88)96-76-81(102-85(90)72-68-64-60-56-52-48-44-40-37-34-30-26-22-18-14-10-6-2)78-100-104(93,94)98-74-79(86)73-97-103(91,92)99-77-80(101-84(89)71-67-63-59-55-51-45-32-28-24-20-16-12-8-4)75-95-82(87)69-65-61-57-53-49-46-42-35-31-27-23-19-15-11-7-3/h9-11,13-15,21-23,25-28,32-37,39,41-42,49,53,61,65,79-81,86H,5-8,12,16-20,24,29-31,38,40,43-48,50-52,54-60,62-64,66-78H2,1-4H3,(H,91,92)(H,93,94)/b13-9-,14-10-,15-11-,25-21-,26-22-,27-23-,32-28-,36-33-,37-34-,41-39-,42-35-,53-49-,65-61-. The van der Waals surface area contributed by atoms with Crippen LogP contribution in [-0.4, -0.2) is 96.7 Å². The fourth-order valence-electron chi connectivity index (χ4n) is 10.1. The molecule has 0 aromatic carbocycles. The number of phosphoric acid groups is 2. The van der Waals surface area contributed by atoms with Crippen LogP contribution < -0.4 is 0 Å². The molecule has 5 unspecified atom stereocenters. The van der Waals surface area contributed by atoms with Crippen molar-refractivity contribution >= 4 is 39.5 Å². The molecule has 592 valence electrons. The average Bonchev–Trinajstić information content (AvgIpc) is 0.916. The van der Waals surface area contributed by atoms with Crippen molar-refractivity contribution in [2.75, 3.05) is 39.6 Å². The van der Waals surface area contributed by atoms with Crippen molar-refractivity contribution in [2.24, 2.45) is 0 Å². The molecule has 0 saturated carbocycles. The molecule has 5 atom stereocenters. The van der Waals surface area contributed by atoms with Gasteiger partial charge in [0.15, 0.2) is 12.2 Å². The number of carbonyl (C=O) groups is 4. The molecule has 3 N–H and O–H groups in total. The molecule has 0 aromatic rings. The minimum absolute atomic E-state index is 0.0612. The van der Waals surface area contributed by atoms with E-state index in [4.69, 9.17) is 37.0 Å². The minimum atomic E-state index is -5.00. The monoisotopic (exact) mass is 1490 g/mol. The third-order valence-electron chi connectivity index (χ3n) is 16.0. The number of unbranched alkanes of at least 4 members (excludes halogenated alkanes) is 22. The van der Waals surface area contributed by atoms with Crippen molar-refractivity contribution in [3.8, 4) is 0 Å². The molecule has 0 fully saturated rings. The van der Waals surface area contributed by atoms with Crippen LogP contribution in [0.15, 0.2) is 158 Å². The van der Waals surface area contributed by atoms with Gasteiger partial charge in [-0.1, -0.05) is 282 Å². The number of hydrogen-bond donors (Lipinski definition) is 3. The summed E-state index contributed by atoms with van der Waals surface area (Å²) in [5.41, 5.74) is 0. The van der Waals surface area contributed by atoms with Gasteiger partial charge in [-0.15, -0.1) is 0 Å². The lowest BCUT2D eigenvalue weighted by Gasteiger charge is -2.21. The minimum Gasteiger partial charge on any atom is -0.462 e. The molecule has 0 rings (SSSR count). The number of phosphoric ester groups is 2. The number of rotatable bonds is 73. The predicted octanol–water partition coefficient (Wildman–Crippen LogP) is 23.2. The van der Waals surface area contributed by atoms with Crippen molar-refractivity contribution in [3.05, 3.63) is 158 Å². The number of aliphatic hydroxyl groups excluding tert-OH is 1. The summed E-state index contributed by atoms with van der Waals surface area (Å²) in [6.45, 7) is 4.37. The molecule has 0 aliphatic rings. The normalized spacial score (nSPS) is 14.7. The second-order valence-corrected chi connectivity index (χ2v) is 28.8. The first-order valence-electron chi connectivity index (χ1n) is 39.7. The number of allylic oxidation sites excluding steroid dienone is 25. The topological polar surface area (TPSA) is 237 Å². The van der Waals surface area contributed by atoms with Crippen molar-refractivity contribution in [1.82, 2.24) is 0 Å². The summed E-state index contributed by atoms with van der Waals surface area (Å²) in [7, 11) is -10.00. The van der Waals surface area contributed by atoms with Gasteiger partial charge in [-0.05, 0) is 148 Å². The van der Waals surface area contributed by atoms with E-state index in [2.05, 4.69) is 161 Å². The first-order chi connectivity index (χ1) is 50.7. The van der Waals surface area contributed by atoms with E-state index in [1.807, 2.05) is 18.2 Å². The van der Waals surface area contributed by atoms with Crippen LogP contribution >= 0.6 is 15.6 Å². The second kappa shape index (κ2) is 75.9. The van der Waals surface area contributed by atoms with Crippen molar-refractivity contribution in [1.29, 1.82) is 0 Å². The molecule has 0 saturated heterocycles. The molecule has 0 radical (unpaired) electrons. The maximum Gasteiger partial charge on any atom is 0.472 e. The largest absolute Gasteiger partial charge is 0.472 e. The Morgan fingerprint density at radius 3 is 0.865 bits per heavy atom. The summed E-state index contributed by atoms with van der Waals surface area (Å²) in [6, 6.07) is 0. The molecular formula is C85H140O17P2. The van der Waals surface area contributed by atoms with Gasteiger partial charge >= 0.3 is 39.5 Å². The van der Waals surface area contributed by atoms with E-state index >= 15 is 0 Å². The number of ether oxygens (including phenoxy) is 4. The second-order valence-electron chi connectivity index (χ2n) is 25.9. The Hall–Kier alpha value is -5.32. The fraction of sp³-hybridized carbons (Fsp3) is 0.647. The third-order valence-corrected chi connectivity index (χ3v) is 17.9. The SMILES string of the molecule is CC/C=C\C/C=C\C/C=C\C/C=C\C/C=C\CC(=O)OCC(COP(=O)(O)OCC(O)COP(=O)(O)OCC(COC(=O)CCCCCCCC/C=C\C/C=C\C/C=C\C/C=C\CC)OC(=O)CCCCCCCCC/C=C\C/C=C\C/C=C\CC)OC(=O)CCCCCCC/C=C\CCCCCC. The van der Waals surface area contributed by atoms with Crippen LogP contribution in [0, 0.1) is 0 Å².